The van der Waals surface area contributed by atoms with Crippen molar-refractivity contribution >= 4 is 23.5 Å². The maximum atomic E-state index is 12.6. The van der Waals surface area contributed by atoms with E-state index in [-0.39, 0.29) is 12.5 Å². The number of carboxylic acid groups (broad SMARTS) is 1. The van der Waals surface area contributed by atoms with Crippen LogP contribution < -0.4 is 10.1 Å². The topological polar surface area (TPSA) is 78.9 Å². The first-order valence-corrected chi connectivity index (χ1v) is 9.82. The van der Waals surface area contributed by atoms with Gasteiger partial charge >= 0.3 is 5.97 Å². The zero-order valence-electron chi connectivity index (χ0n) is 16.0. The molecule has 2 rings (SSSR count). The Labute approximate surface area is 165 Å². The molecule has 0 heterocycles. The summed E-state index contributed by atoms with van der Waals surface area (Å²) >= 11 is 6.10. The smallest absolute Gasteiger partial charge is 0.307 e. The van der Waals surface area contributed by atoms with Crippen molar-refractivity contribution in [2.24, 2.45) is 11.8 Å². The second-order valence-electron chi connectivity index (χ2n) is 7.31. The third-order valence-electron chi connectivity index (χ3n) is 4.90. The van der Waals surface area contributed by atoms with Gasteiger partial charge in [-0.25, -0.2) is 0 Å². The van der Waals surface area contributed by atoms with Gasteiger partial charge in [0, 0.05) is 23.7 Å². The summed E-state index contributed by atoms with van der Waals surface area (Å²) in [5, 5.41) is 12.8. The molecule has 1 saturated carbocycles. The quantitative estimate of drug-likeness (QED) is 0.627. The summed E-state index contributed by atoms with van der Waals surface area (Å²) in [5.74, 6) is -1.47. The number of hydrogen-bond donors (Lipinski definition) is 2. The number of hydrogen-bond acceptors (Lipinski definition) is 4. The molecule has 0 aromatic heterocycles. The first-order chi connectivity index (χ1) is 12.9. The van der Waals surface area contributed by atoms with Crippen molar-refractivity contribution in [2.75, 3.05) is 27.2 Å². The van der Waals surface area contributed by atoms with Crippen molar-refractivity contribution in [1.29, 1.82) is 0 Å². The fourth-order valence-corrected chi connectivity index (χ4v) is 3.64. The highest BCUT2D eigenvalue weighted by Crippen LogP contribution is 2.31. The van der Waals surface area contributed by atoms with Gasteiger partial charge in [0.25, 0.3) is 0 Å². The first-order valence-electron chi connectivity index (χ1n) is 9.45. The third kappa shape index (κ3) is 6.70. The van der Waals surface area contributed by atoms with Crippen LogP contribution in [0.15, 0.2) is 18.2 Å². The number of nitrogens with zero attached hydrogens (tertiary/aromatic N) is 1. The van der Waals surface area contributed by atoms with Gasteiger partial charge in [-0.05, 0) is 51.6 Å². The predicted molar refractivity (Wildman–Crippen MR) is 105 cm³/mol. The Kier molecular flexibility index (Phi) is 8.38. The highest BCUT2D eigenvalue weighted by molar-refractivity contribution is 6.30. The summed E-state index contributed by atoms with van der Waals surface area (Å²) in [6, 6.07) is 5.34. The van der Waals surface area contributed by atoms with E-state index in [1.165, 1.54) is 0 Å². The van der Waals surface area contributed by atoms with Crippen LogP contribution in [0.5, 0.6) is 5.75 Å². The number of amides is 1. The third-order valence-corrected chi connectivity index (χ3v) is 5.14. The summed E-state index contributed by atoms with van der Waals surface area (Å²) in [7, 11) is 4.03. The Balaban J connectivity index is 1.96. The van der Waals surface area contributed by atoms with Crippen LogP contribution in [-0.2, 0) is 16.1 Å². The maximum Gasteiger partial charge on any atom is 0.307 e. The summed E-state index contributed by atoms with van der Waals surface area (Å²) in [4.78, 5) is 26.1. The molecule has 2 unspecified atom stereocenters. The van der Waals surface area contributed by atoms with Gasteiger partial charge in [0.05, 0.1) is 18.4 Å². The molecule has 1 aliphatic carbocycles. The van der Waals surface area contributed by atoms with Gasteiger partial charge in [-0.2, -0.15) is 0 Å². The number of carbonyl (C=O) groups is 2. The summed E-state index contributed by atoms with van der Waals surface area (Å²) in [6.45, 7) is 1.77. The molecule has 1 aliphatic rings. The van der Waals surface area contributed by atoms with Crippen molar-refractivity contribution in [3.8, 4) is 5.75 Å². The number of rotatable bonds is 9. The molecule has 2 N–H and O–H groups in total. The Hall–Kier alpha value is -1.79. The molecule has 2 atom stereocenters. The summed E-state index contributed by atoms with van der Waals surface area (Å²) < 4.78 is 5.85. The van der Waals surface area contributed by atoms with Crippen LogP contribution in [0.3, 0.4) is 0 Å². The van der Waals surface area contributed by atoms with E-state index in [9.17, 15) is 14.7 Å². The zero-order valence-corrected chi connectivity index (χ0v) is 16.8. The molecular weight excluding hydrogens is 368 g/mol. The van der Waals surface area contributed by atoms with Gasteiger partial charge in [0.2, 0.25) is 5.91 Å². The molecule has 1 amide bonds. The lowest BCUT2D eigenvalue weighted by molar-refractivity contribution is -0.148. The van der Waals surface area contributed by atoms with Crippen LogP contribution in [0.4, 0.5) is 0 Å². The van der Waals surface area contributed by atoms with Crippen LogP contribution in [0.25, 0.3) is 0 Å². The number of halogens is 1. The van der Waals surface area contributed by atoms with Crippen LogP contribution in [0.1, 0.15) is 37.7 Å². The van der Waals surface area contributed by atoms with Gasteiger partial charge < -0.3 is 20.1 Å². The van der Waals surface area contributed by atoms with E-state index in [1.54, 1.807) is 18.2 Å². The fourth-order valence-electron chi connectivity index (χ4n) is 3.44. The van der Waals surface area contributed by atoms with Gasteiger partial charge in [-0.3, -0.25) is 9.59 Å². The van der Waals surface area contributed by atoms with Crippen LogP contribution >= 0.6 is 11.6 Å². The normalized spacial score (nSPS) is 19.7. The van der Waals surface area contributed by atoms with Crippen molar-refractivity contribution in [3.63, 3.8) is 0 Å². The minimum atomic E-state index is -0.887. The highest BCUT2D eigenvalue weighted by Gasteiger charge is 2.35. The lowest BCUT2D eigenvalue weighted by Gasteiger charge is -2.27. The summed E-state index contributed by atoms with van der Waals surface area (Å²) in [5.41, 5.74) is 0.795. The minimum Gasteiger partial charge on any atom is -0.493 e. The monoisotopic (exact) mass is 396 g/mol. The van der Waals surface area contributed by atoms with Crippen molar-refractivity contribution in [3.05, 3.63) is 28.8 Å². The van der Waals surface area contributed by atoms with E-state index >= 15 is 0 Å². The Morgan fingerprint density at radius 1 is 1.26 bits per heavy atom. The van der Waals surface area contributed by atoms with Crippen molar-refractivity contribution in [1.82, 2.24) is 10.2 Å². The molecule has 0 saturated heterocycles. The number of carbonyl (C=O) groups excluding carboxylic acids is 1. The SMILES string of the molecule is CN(C)CCCOc1ccc(Cl)cc1CNC(=O)C1CCCCC1C(=O)O. The molecule has 7 heteroatoms. The molecule has 0 aliphatic heterocycles. The molecule has 1 aromatic carbocycles. The molecule has 0 bridgehead atoms. The van der Waals surface area contributed by atoms with Crippen LogP contribution in [0.2, 0.25) is 5.02 Å². The van der Waals surface area contributed by atoms with Gasteiger partial charge in [0.1, 0.15) is 5.75 Å². The lowest BCUT2D eigenvalue weighted by atomic mass is 9.78. The molecule has 0 spiro atoms. The van der Waals surface area contributed by atoms with Gasteiger partial charge in [-0.15, -0.1) is 0 Å². The molecule has 6 nitrogen and oxygen atoms in total. The van der Waals surface area contributed by atoms with E-state index < -0.39 is 17.8 Å². The Morgan fingerprint density at radius 2 is 1.96 bits per heavy atom. The van der Waals surface area contributed by atoms with E-state index in [1.807, 2.05) is 14.1 Å². The fraction of sp³-hybridized carbons (Fsp3) is 0.600. The predicted octanol–water partition coefficient (Wildman–Crippen LogP) is 3.18. The number of aliphatic carboxylic acids is 1. The van der Waals surface area contributed by atoms with E-state index in [0.29, 0.717) is 30.2 Å². The van der Waals surface area contributed by atoms with Crippen molar-refractivity contribution in [2.45, 2.75) is 38.6 Å². The molecule has 150 valence electrons. The number of carboxylic acids is 1. The maximum absolute atomic E-state index is 12.6. The lowest BCUT2D eigenvalue weighted by Crippen LogP contribution is -2.39. The average Bonchev–Trinajstić information content (AvgIpc) is 2.64. The van der Waals surface area contributed by atoms with E-state index in [4.69, 9.17) is 16.3 Å². The first kappa shape index (κ1) is 21.5. The second-order valence-corrected chi connectivity index (χ2v) is 7.75. The summed E-state index contributed by atoms with van der Waals surface area (Å²) in [6.07, 6.45) is 3.82. The van der Waals surface area contributed by atoms with E-state index in [2.05, 4.69) is 10.2 Å². The van der Waals surface area contributed by atoms with Crippen molar-refractivity contribution < 1.29 is 19.4 Å². The molecule has 27 heavy (non-hydrogen) atoms. The zero-order chi connectivity index (χ0) is 19.8. The standard InChI is InChI=1S/C20H29ClN2O4/c1-23(2)10-5-11-27-18-9-8-15(21)12-14(18)13-22-19(24)16-6-3-4-7-17(16)20(25)26/h8-9,12,16-17H,3-7,10-11,13H2,1-2H3,(H,22,24)(H,25,26). The van der Waals surface area contributed by atoms with Gasteiger partial charge in [-0.1, -0.05) is 24.4 Å². The minimum absolute atomic E-state index is 0.208. The Bertz CT molecular complexity index is 651. The molecule has 1 fully saturated rings. The largest absolute Gasteiger partial charge is 0.493 e. The van der Waals surface area contributed by atoms with Crippen LogP contribution in [0, 0.1) is 11.8 Å². The van der Waals surface area contributed by atoms with Crippen LogP contribution in [-0.4, -0.2) is 49.1 Å². The molecular formula is C20H29ClN2O4. The molecule has 0 radical (unpaired) electrons. The second kappa shape index (κ2) is 10.5. The van der Waals surface area contributed by atoms with E-state index in [0.717, 1.165) is 31.4 Å². The number of ether oxygens (including phenoxy) is 1. The molecule has 1 aromatic rings. The number of benzene rings is 1. The Morgan fingerprint density at radius 3 is 2.63 bits per heavy atom. The number of nitrogens with one attached hydrogen (secondary N) is 1. The average molecular weight is 397 g/mol. The van der Waals surface area contributed by atoms with Gasteiger partial charge in [0.15, 0.2) is 0 Å². The highest BCUT2D eigenvalue weighted by atomic mass is 35.5.